The molecule has 1 rings (SSSR count). The van der Waals surface area contributed by atoms with Crippen LogP contribution >= 0.6 is 11.8 Å². The fraction of sp³-hybridized carbons (Fsp3) is 1.00. The minimum atomic E-state index is -2.72. The lowest BCUT2D eigenvalue weighted by Gasteiger charge is -2.06. The van der Waals surface area contributed by atoms with Gasteiger partial charge in [-0.3, -0.25) is 0 Å². The summed E-state index contributed by atoms with van der Waals surface area (Å²) in [6, 6.07) is 0. The first kappa shape index (κ1) is 8.40. The van der Waals surface area contributed by atoms with E-state index in [0.29, 0.717) is 5.75 Å². The maximum Gasteiger partial charge on any atom is 0.153 e. The highest BCUT2D eigenvalue weighted by Crippen LogP contribution is 2.23. The highest BCUT2D eigenvalue weighted by Gasteiger charge is 2.26. The Morgan fingerprint density at radius 1 is 1.60 bits per heavy atom. The van der Waals surface area contributed by atoms with Crippen LogP contribution in [0, 0.1) is 0 Å². The van der Waals surface area contributed by atoms with Crippen LogP contribution in [0.5, 0.6) is 0 Å². The molecule has 60 valence electrons. The Hall–Kier alpha value is 0.300. The summed E-state index contributed by atoms with van der Waals surface area (Å²) in [6.45, 7) is 1.72. The van der Waals surface area contributed by atoms with Crippen molar-refractivity contribution in [3.63, 3.8) is 0 Å². The van der Waals surface area contributed by atoms with Gasteiger partial charge in [0.15, 0.2) is 9.84 Å². The minimum absolute atomic E-state index is 0.0394. The molecule has 0 saturated carbocycles. The molecule has 1 fully saturated rings. The lowest BCUT2D eigenvalue weighted by molar-refractivity contribution is 0.585. The number of hydrogen-bond donors (Lipinski definition) is 0. The van der Waals surface area contributed by atoms with E-state index in [2.05, 4.69) is 0 Å². The van der Waals surface area contributed by atoms with E-state index >= 15 is 0 Å². The summed E-state index contributed by atoms with van der Waals surface area (Å²) >= 11 is 1.75. The van der Waals surface area contributed by atoms with Crippen molar-refractivity contribution in [2.24, 2.45) is 0 Å². The summed E-state index contributed by atoms with van der Waals surface area (Å²) in [6.07, 6.45) is 0.862. The highest BCUT2D eigenvalue weighted by atomic mass is 32.2. The van der Waals surface area contributed by atoms with E-state index in [1.807, 2.05) is 0 Å². The smallest absolute Gasteiger partial charge is 0.153 e. The molecule has 0 spiro atoms. The van der Waals surface area contributed by atoms with Gasteiger partial charge in [0.25, 0.3) is 0 Å². The zero-order valence-corrected chi connectivity index (χ0v) is 7.67. The summed E-state index contributed by atoms with van der Waals surface area (Å²) in [4.78, 5) is 0. The molecule has 0 aromatic rings. The molecule has 0 aromatic carbocycles. The van der Waals surface area contributed by atoms with Crippen LogP contribution < -0.4 is 0 Å². The summed E-state index contributed by atoms with van der Waals surface area (Å²) in [5, 5.41) is -0.0394. The molecule has 1 heterocycles. The third-order valence-electron chi connectivity index (χ3n) is 1.80. The second-order valence-electron chi connectivity index (χ2n) is 2.44. The van der Waals surface area contributed by atoms with Crippen LogP contribution in [-0.2, 0) is 9.84 Å². The van der Waals surface area contributed by atoms with Gasteiger partial charge in [0, 0.05) is 11.5 Å². The molecule has 0 bridgehead atoms. The van der Waals surface area contributed by atoms with Crippen LogP contribution in [0.1, 0.15) is 13.3 Å². The molecule has 10 heavy (non-hydrogen) atoms. The first-order valence-electron chi connectivity index (χ1n) is 3.46. The largest absolute Gasteiger partial charge is 0.229 e. The zero-order chi connectivity index (χ0) is 7.61. The Morgan fingerprint density at radius 3 is 2.70 bits per heavy atom. The Bertz CT molecular complexity index is 190. The van der Waals surface area contributed by atoms with Gasteiger partial charge in [0.2, 0.25) is 0 Å². The third kappa shape index (κ3) is 1.66. The average molecular weight is 180 g/mol. The third-order valence-corrected chi connectivity index (χ3v) is 5.39. The Morgan fingerprint density at radius 2 is 2.30 bits per heavy atom. The molecule has 0 aliphatic carbocycles. The molecule has 1 atom stereocenters. The van der Waals surface area contributed by atoms with E-state index in [-0.39, 0.29) is 5.25 Å². The van der Waals surface area contributed by atoms with Crippen LogP contribution in [0.2, 0.25) is 0 Å². The molecule has 1 aliphatic heterocycles. The maximum absolute atomic E-state index is 11.2. The van der Waals surface area contributed by atoms with Crippen LogP contribution in [0.3, 0.4) is 0 Å². The van der Waals surface area contributed by atoms with Crippen molar-refractivity contribution < 1.29 is 8.42 Å². The molecule has 0 N–H and O–H groups in total. The quantitative estimate of drug-likeness (QED) is 0.634. The van der Waals surface area contributed by atoms with E-state index in [9.17, 15) is 8.42 Å². The molecule has 2 nitrogen and oxygen atoms in total. The number of thioether (sulfide) groups is 1. The summed E-state index contributed by atoms with van der Waals surface area (Å²) < 4.78 is 22.4. The second-order valence-corrected chi connectivity index (χ2v) is 6.16. The van der Waals surface area contributed by atoms with Gasteiger partial charge in [-0.05, 0) is 12.2 Å². The van der Waals surface area contributed by atoms with E-state index in [1.165, 1.54) is 0 Å². The van der Waals surface area contributed by atoms with E-state index in [4.69, 9.17) is 0 Å². The van der Waals surface area contributed by atoms with Crippen molar-refractivity contribution in [2.45, 2.75) is 18.6 Å². The number of hydrogen-bond acceptors (Lipinski definition) is 3. The molecule has 0 aromatic heterocycles. The average Bonchev–Trinajstić information content (AvgIpc) is 2.38. The predicted octanol–water partition coefficient (Wildman–Crippen LogP) is 0.927. The van der Waals surface area contributed by atoms with Gasteiger partial charge in [0.1, 0.15) is 0 Å². The molecule has 0 amide bonds. The molecular weight excluding hydrogens is 168 g/mol. The van der Waals surface area contributed by atoms with Crippen molar-refractivity contribution in [2.75, 3.05) is 17.3 Å². The van der Waals surface area contributed by atoms with Crippen molar-refractivity contribution in [3.05, 3.63) is 0 Å². The first-order chi connectivity index (χ1) is 4.67. The van der Waals surface area contributed by atoms with Gasteiger partial charge >= 0.3 is 0 Å². The van der Waals surface area contributed by atoms with Gasteiger partial charge in [-0.25, -0.2) is 8.42 Å². The Labute approximate surface area is 66.3 Å². The van der Waals surface area contributed by atoms with Crippen LogP contribution in [0.25, 0.3) is 0 Å². The molecule has 1 aliphatic rings. The standard InChI is InChI=1S/C6H12O2S2/c1-2-10(7,8)6-3-4-9-5-6/h6H,2-5H2,1H3. The number of rotatable bonds is 2. The monoisotopic (exact) mass is 180 g/mol. The highest BCUT2D eigenvalue weighted by molar-refractivity contribution is 8.01. The summed E-state index contributed by atoms with van der Waals surface area (Å²) in [7, 11) is -2.72. The second kappa shape index (κ2) is 3.13. The summed E-state index contributed by atoms with van der Waals surface area (Å²) in [5.74, 6) is 2.14. The van der Waals surface area contributed by atoms with Gasteiger partial charge in [0.05, 0.1) is 5.25 Å². The number of sulfone groups is 1. The molecule has 0 radical (unpaired) electrons. The lowest BCUT2D eigenvalue weighted by atomic mass is 10.4. The fourth-order valence-corrected chi connectivity index (χ4v) is 4.29. The topological polar surface area (TPSA) is 34.1 Å². The molecule has 4 heteroatoms. The summed E-state index contributed by atoms with van der Waals surface area (Å²) in [5.41, 5.74) is 0. The van der Waals surface area contributed by atoms with E-state index in [1.54, 1.807) is 18.7 Å². The Kier molecular flexibility index (Phi) is 2.63. The van der Waals surface area contributed by atoms with E-state index < -0.39 is 9.84 Å². The van der Waals surface area contributed by atoms with Crippen LogP contribution in [0.15, 0.2) is 0 Å². The van der Waals surface area contributed by atoms with Crippen molar-refractivity contribution in [3.8, 4) is 0 Å². The van der Waals surface area contributed by atoms with Crippen molar-refractivity contribution >= 4 is 21.6 Å². The molecule has 1 unspecified atom stereocenters. The normalized spacial score (nSPS) is 27.1. The fourth-order valence-electron chi connectivity index (χ4n) is 1.03. The van der Waals surface area contributed by atoms with Crippen LogP contribution in [-0.4, -0.2) is 30.9 Å². The molecular formula is C6H12O2S2. The van der Waals surface area contributed by atoms with Crippen LogP contribution in [0.4, 0.5) is 0 Å². The van der Waals surface area contributed by atoms with Crippen molar-refractivity contribution in [1.82, 2.24) is 0 Å². The molecule has 1 saturated heterocycles. The minimum Gasteiger partial charge on any atom is -0.229 e. The lowest BCUT2D eigenvalue weighted by Crippen LogP contribution is -2.22. The van der Waals surface area contributed by atoms with Gasteiger partial charge in [-0.2, -0.15) is 11.8 Å². The SMILES string of the molecule is CCS(=O)(=O)C1CCSC1. The van der Waals surface area contributed by atoms with Gasteiger partial charge in [-0.15, -0.1) is 0 Å². The Balaban J connectivity index is 2.63. The van der Waals surface area contributed by atoms with E-state index in [0.717, 1.165) is 17.9 Å². The van der Waals surface area contributed by atoms with Gasteiger partial charge in [-0.1, -0.05) is 6.92 Å². The maximum atomic E-state index is 11.2. The zero-order valence-electron chi connectivity index (χ0n) is 6.04. The van der Waals surface area contributed by atoms with Crippen molar-refractivity contribution in [1.29, 1.82) is 0 Å². The first-order valence-corrected chi connectivity index (χ1v) is 6.33. The predicted molar refractivity (Wildman–Crippen MR) is 45.2 cm³/mol. The van der Waals surface area contributed by atoms with Gasteiger partial charge < -0.3 is 0 Å².